The van der Waals surface area contributed by atoms with Gasteiger partial charge < -0.3 is 0 Å². The Morgan fingerprint density at radius 3 is 1.56 bits per heavy atom. The molecule has 0 N–H and O–H groups in total. The average molecular weight is 321 g/mol. The number of hydrogen-bond donors (Lipinski definition) is 0. The van der Waals surface area contributed by atoms with Crippen LogP contribution in [0.4, 0.5) is 17.6 Å². The van der Waals surface area contributed by atoms with Crippen LogP contribution < -0.4 is 0 Å². The third kappa shape index (κ3) is 2.57. The van der Waals surface area contributed by atoms with Crippen molar-refractivity contribution < 1.29 is 17.6 Å². The molecular formula is C3H2BrF4I. The van der Waals surface area contributed by atoms with E-state index in [1.165, 1.54) is 22.6 Å². The topological polar surface area (TPSA) is 0 Å². The first-order valence-electron chi connectivity index (χ1n) is 1.82. The summed E-state index contributed by atoms with van der Waals surface area (Å²) in [6.07, 6.45) is 0. The molecule has 0 spiro atoms. The van der Waals surface area contributed by atoms with Crippen molar-refractivity contribution in [1.82, 2.24) is 0 Å². The van der Waals surface area contributed by atoms with Crippen LogP contribution in [0, 0.1) is 0 Å². The van der Waals surface area contributed by atoms with Crippen molar-refractivity contribution in [3.8, 4) is 0 Å². The van der Waals surface area contributed by atoms with Crippen LogP contribution in [0.15, 0.2) is 0 Å². The molecule has 0 aromatic rings. The number of rotatable bonds is 2. The van der Waals surface area contributed by atoms with E-state index in [1.54, 1.807) is 15.9 Å². The van der Waals surface area contributed by atoms with Crippen LogP contribution in [0.1, 0.15) is 0 Å². The predicted molar refractivity (Wildman–Crippen MR) is 37.7 cm³/mol. The summed E-state index contributed by atoms with van der Waals surface area (Å²) < 4.78 is 46.1. The largest absolute Gasteiger partial charge is 0.364 e. The standard InChI is InChI=1S/C3H2BrF4I/c4-3(7,8)2(5,6)1-9/h1H2. The van der Waals surface area contributed by atoms with Gasteiger partial charge in [-0.3, -0.25) is 0 Å². The molecule has 0 rings (SSSR count). The van der Waals surface area contributed by atoms with Gasteiger partial charge in [0.1, 0.15) is 0 Å². The minimum absolute atomic E-state index is 0.900. The summed E-state index contributed by atoms with van der Waals surface area (Å²) in [6.45, 7) is 0. The van der Waals surface area contributed by atoms with E-state index in [9.17, 15) is 17.6 Å². The van der Waals surface area contributed by atoms with Crippen LogP contribution in [0.3, 0.4) is 0 Å². The molecule has 0 unspecified atom stereocenters. The van der Waals surface area contributed by atoms with Gasteiger partial charge in [-0.05, 0) is 15.9 Å². The highest BCUT2D eigenvalue weighted by Crippen LogP contribution is 2.40. The van der Waals surface area contributed by atoms with Crippen molar-refractivity contribution in [2.75, 3.05) is 4.43 Å². The second-order valence-corrected chi connectivity index (χ2v) is 3.09. The van der Waals surface area contributed by atoms with Gasteiger partial charge in [-0.2, -0.15) is 17.6 Å². The van der Waals surface area contributed by atoms with E-state index in [1.807, 2.05) is 0 Å². The molecule has 0 fully saturated rings. The smallest absolute Gasteiger partial charge is 0.198 e. The molecule has 0 aromatic carbocycles. The lowest BCUT2D eigenvalue weighted by molar-refractivity contribution is -0.127. The quantitative estimate of drug-likeness (QED) is 0.417. The van der Waals surface area contributed by atoms with Crippen LogP contribution in [-0.4, -0.2) is 15.2 Å². The van der Waals surface area contributed by atoms with Gasteiger partial charge in [0.25, 0.3) is 0 Å². The van der Waals surface area contributed by atoms with Crippen LogP contribution in [0.25, 0.3) is 0 Å². The molecule has 0 aromatic heterocycles. The summed E-state index contributed by atoms with van der Waals surface area (Å²) >= 11 is 2.77. The van der Waals surface area contributed by atoms with Gasteiger partial charge in [0.05, 0.1) is 4.43 Å². The van der Waals surface area contributed by atoms with Gasteiger partial charge in [0.15, 0.2) is 0 Å². The highest BCUT2D eigenvalue weighted by molar-refractivity contribution is 14.1. The zero-order valence-electron chi connectivity index (χ0n) is 3.97. The molecule has 0 aliphatic carbocycles. The third-order valence-electron chi connectivity index (χ3n) is 0.583. The van der Waals surface area contributed by atoms with Crippen molar-refractivity contribution in [2.24, 2.45) is 0 Å². The van der Waals surface area contributed by atoms with E-state index >= 15 is 0 Å². The Balaban J connectivity index is 4.14. The van der Waals surface area contributed by atoms with E-state index in [4.69, 9.17) is 0 Å². The predicted octanol–water partition coefficient (Wildman–Crippen LogP) is 3.04. The summed E-state index contributed by atoms with van der Waals surface area (Å²) in [7, 11) is 0. The Bertz CT molecular complexity index is 98.5. The molecule has 0 heterocycles. The minimum atomic E-state index is -4.08. The fourth-order valence-corrected chi connectivity index (χ4v) is 1.22. The van der Waals surface area contributed by atoms with E-state index < -0.39 is 15.2 Å². The maximum atomic E-state index is 11.9. The fourth-order valence-electron chi connectivity index (χ4n) is 0.0758. The van der Waals surface area contributed by atoms with E-state index in [2.05, 4.69) is 0 Å². The zero-order valence-corrected chi connectivity index (χ0v) is 7.72. The fraction of sp³-hybridized carbons (Fsp3) is 1.00. The SMILES string of the molecule is FC(F)(Br)C(F)(F)CI. The first-order chi connectivity index (χ1) is 3.81. The van der Waals surface area contributed by atoms with Crippen molar-refractivity contribution >= 4 is 38.5 Å². The number of alkyl halides is 6. The van der Waals surface area contributed by atoms with Crippen LogP contribution in [-0.2, 0) is 0 Å². The molecule has 0 radical (unpaired) electrons. The maximum absolute atomic E-state index is 11.9. The second kappa shape index (κ2) is 2.89. The van der Waals surface area contributed by atoms with Crippen LogP contribution in [0.5, 0.6) is 0 Å². The number of hydrogen-bond acceptors (Lipinski definition) is 0. The highest BCUT2D eigenvalue weighted by atomic mass is 127. The summed E-state index contributed by atoms with van der Waals surface area (Å²) in [5.41, 5.74) is 0. The van der Waals surface area contributed by atoms with Crippen LogP contribution >= 0.6 is 38.5 Å². The number of halogens is 6. The first kappa shape index (κ1) is 9.93. The Labute approximate surface area is 71.3 Å². The lowest BCUT2D eigenvalue weighted by atomic mass is 10.4. The summed E-state index contributed by atoms with van der Waals surface area (Å²) in [5, 5.41) is 0. The summed E-state index contributed by atoms with van der Waals surface area (Å²) in [5.74, 6) is -3.95. The first-order valence-corrected chi connectivity index (χ1v) is 4.13. The van der Waals surface area contributed by atoms with Gasteiger partial charge in [0.2, 0.25) is 0 Å². The molecule has 0 saturated carbocycles. The Morgan fingerprint density at radius 1 is 1.22 bits per heavy atom. The molecule has 0 amide bonds. The molecule has 0 aliphatic rings. The van der Waals surface area contributed by atoms with Crippen LogP contribution in [0.2, 0.25) is 0 Å². The minimum Gasteiger partial charge on any atom is -0.198 e. The lowest BCUT2D eigenvalue weighted by Crippen LogP contribution is -2.36. The normalized spacial score (nSPS) is 14.0. The highest BCUT2D eigenvalue weighted by Gasteiger charge is 2.53. The third-order valence-corrected chi connectivity index (χ3v) is 2.12. The Hall–Kier alpha value is 0.930. The van der Waals surface area contributed by atoms with Crippen molar-refractivity contribution in [1.29, 1.82) is 0 Å². The second-order valence-electron chi connectivity index (χ2n) is 1.34. The van der Waals surface area contributed by atoms with Gasteiger partial charge >= 0.3 is 10.8 Å². The Morgan fingerprint density at radius 2 is 1.56 bits per heavy atom. The molecular weight excluding hydrogens is 319 g/mol. The van der Waals surface area contributed by atoms with Gasteiger partial charge in [-0.15, -0.1) is 0 Å². The van der Waals surface area contributed by atoms with Gasteiger partial charge in [-0.25, -0.2) is 0 Å². The van der Waals surface area contributed by atoms with Crippen molar-refractivity contribution in [3.63, 3.8) is 0 Å². The molecule has 56 valence electrons. The van der Waals surface area contributed by atoms with E-state index in [-0.39, 0.29) is 0 Å². The lowest BCUT2D eigenvalue weighted by Gasteiger charge is -2.18. The summed E-state index contributed by atoms with van der Waals surface area (Å²) in [4.78, 5) is -4.08. The van der Waals surface area contributed by atoms with Gasteiger partial charge in [-0.1, -0.05) is 22.6 Å². The molecule has 0 atom stereocenters. The molecule has 6 heteroatoms. The monoisotopic (exact) mass is 320 g/mol. The summed E-state index contributed by atoms with van der Waals surface area (Å²) in [6, 6.07) is 0. The average Bonchev–Trinajstić information content (AvgIpc) is 1.64. The molecule has 0 nitrogen and oxygen atoms in total. The van der Waals surface area contributed by atoms with Crippen molar-refractivity contribution in [2.45, 2.75) is 10.8 Å². The molecule has 0 saturated heterocycles. The van der Waals surface area contributed by atoms with Crippen molar-refractivity contribution in [3.05, 3.63) is 0 Å². The molecule has 9 heavy (non-hydrogen) atoms. The zero-order chi connectivity index (χ0) is 7.71. The van der Waals surface area contributed by atoms with E-state index in [0.717, 1.165) is 0 Å². The molecule has 0 aliphatic heterocycles. The Kier molecular flexibility index (Phi) is 3.19. The maximum Gasteiger partial charge on any atom is 0.364 e. The van der Waals surface area contributed by atoms with Gasteiger partial charge in [0, 0.05) is 0 Å². The van der Waals surface area contributed by atoms with E-state index in [0.29, 0.717) is 0 Å². The molecule has 0 bridgehead atoms.